The molecule has 204 valence electrons. The van der Waals surface area contributed by atoms with E-state index >= 15 is 0 Å². The zero-order chi connectivity index (χ0) is 27.4. The minimum Gasteiger partial charge on any atom is -0.368 e. The van der Waals surface area contributed by atoms with Crippen molar-refractivity contribution in [3.63, 3.8) is 0 Å². The first-order valence-electron chi connectivity index (χ1n) is 12.9. The van der Waals surface area contributed by atoms with Gasteiger partial charge in [-0.1, -0.05) is 47.1 Å². The van der Waals surface area contributed by atoms with Crippen LogP contribution in [0.25, 0.3) is 0 Å². The lowest BCUT2D eigenvalue weighted by Gasteiger charge is -2.36. The minimum atomic E-state index is -0.00335. The Morgan fingerprint density at radius 1 is 0.795 bits per heavy atom. The van der Waals surface area contributed by atoms with E-state index in [2.05, 4.69) is 14.8 Å². The van der Waals surface area contributed by atoms with Crippen LogP contribution in [0.4, 0.5) is 11.5 Å². The van der Waals surface area contributed by atoms with Gasteiger partial charge in [-0.05, 0) is 42.0 Å². The van der Waals surface area contributed by atoms with E-state index in [-0.39, 0.29) is 11.8 Å². The molecule has 11 heteroatoms. The maximum Gasteiger partial charge on any atom is 0.253 e. The molecule has 2 saturated heterocycles. The Hall–Kier alpha value is -3.01. The fourth-order valence-electron chi connectivity index (χ4n) is 4.76. The first-order chi connectivity index (χ1) is 18.9. The number of amides is 2. The lowest BCUT2D eigenvalue weighted by atomic mass is 10.1. The lowest BCUT2D eigenvalue weighted by Crippen LogP contribution is -2.50. The normalized spacial score (nSPS) is 16.0. The standard InChI is InChI=1S/C28H30Cl2N6O2S/c1-20(37)33-10-16-36(17-11-33)27(38)22-4-2-21(3-5-22)19-39-28-31-25(30)18-26(32-28)35-14-12-34(13-15-35)24-8-6-23(29)7-9-24/h2-9,18H,10-17,19H2,1H3. The molecule has 2 aliphatic heterocycles. The number of carbonyl (C=O) groups is 2. The van der Waals surface area contributed by atoms with E-state index in [1.54, 1.807) is 16.7 Å². The Bertz CT molecular complexity index is 1310. The number of hydrogen-bond acceptors (Lipinski definition) is 7. The predicted molar refractivity (Wildman–Crippen MR) is 157 cm³/mol. The van der Waals surface area contributed by atoms with Gasteiger partial charge in [0.25, 0.3) is 5.91 Å². The molecule has 0 radical (unpaired) electrons. The molecule has 3 heterocycles. The highest BCUT2D eigenvalue weighted by molar-refractivity contribution is 7.98. The second-order valence-electron chi connectivity index (χ2n) is 9.57. The molecule has 2 aliphatic rings. The fourth-order valence-corrected chi connectivity index (χ4v) is 5.92. The van der Waals surface area contributed by atoms with Gasteiger partial charge in [-0.15, -0.1) is 0 Å². The van der Waals surface area contributed by atoms with Gasteiger partial charge in [-0.2, -0.15) is 0 Å². The van der Waals surface area contributed by atoms with E-state index in [9.17, 15) is 9.59 Å². The number of anilines is 2. The topological polar surface area (TPSA) is 72.9 Å². The van der Waals surface area contributed by atoms with Crippen molar-refractivity contribution in [1.29, 1.82) is 0 Å². The van der Waals surface area contributed by atoms with Crippen molar-refractivity contribution in [3.05, 3.63) is 75.9 Å². The molecule has 0 atom stereocenters. The number of hydrogen-bond donors (Lipinski definition) is 0. The molecule has 0 bridgehead atoms. The van der Waals surface area contributed by atoms with Gasteiger partial charge in [-0.25, -0.2) is 9.97 Å². The highest BCUT2D eigenvalue weighted by Crippen LogP contribution is 2.27. The summed E-state index contributed by atoms with van der Waals surface area (Å²) < 4.78 is 0. The number of benzene rings is 2. The third kappa shape index (κ3) is 6.96. The van der Waals surface area contributed by atoms with E-state index in [1.807, 2.05) is 54.6 Å². The summed E-state index contributed by atoms with van der Waals surface area (Å²) in [5.74, 6) is 1.54. The first-order valence-corrected chi connectivity index (χ1v) is 14.7. The molecule has 0 unspecified atom stereocenters. The van der Waals surface area contributed by atoms with Crippen molar-refractivity contribution in [2.24, 2.45) is 0 Å². The molecule has 0 N–H and O–H groups in total. The summed E-state index contributed by atoms with van der Waals surface area (Å²) in [6.45, 7) is 7.26. The molecule has 0 spiro atoms. The van der Waals surface area contributed by atoms with E-state index in [4.69, 9.17) is 28.2 Å². The van der Waals surface area contributed by atoms with Crippen LogP contribution in [0.3, 0.4) is 0 Å². The molecule has 2 amide bonds. The Balaban J connectivity index is 1.15. The monoisotopic (exact) mass is 584 g/mol. The first kappa shape index (κ1) is 27.6. The number of rotatable bonds is 6. The van der Waals surface area contributed by atoms with Crippen molar-refractivity contribution in [2.75, 3.05) is 62.2 Å². The number of nitrogens with zero attached hydrogens (tertiary/aromatic N) is 6. The third-order valence-electron chi connectivity index (χ3n) is 7.04. The van der Waals surface area contributed by atoms with Gasteiger partial charge in [0, 0.05) is 87.4 Å². The van der Waals surface area contributed by atoms with Gasteiger partial charge in [-0.3, -0.25) is 9.59 Å². The van der Waals surface area contributed by atoms with Gasteiger partial charge in [0.15, 0.2) is 5.16 Å². The maximum absolute atomic E-state index is 12.9. The lowest BCUT2D eigenvalue weighted by molar-refractivity contribution is -0.130. The van der Waals surface area contributed by atoms with E-state index in [1.165, 1.54) is 17.4 Å². The second-order valence-corrected chi connectivity index (χ2v) is 11.3. The van der Waals surface area contributed by atoms with Gasteiger partial charge < -0.3 is 19.6 Å². The van der Waals surface area contributed by atoms with Crippen molar-refractivity contribution >= 4 is 58.3 Å². The molecule has 5 rings (SSSR count). The Morgan fingerprint density at radius 3 is 2.05 bits per heavy atom. The largest absolute Gasteiger partial charge is 0.368 e. The maximum atomic E-state index is 12.9. The molecule has 8 nitrogen and oxygen atoms in total. The van der Waals surface area contributed by atoms with Crippen molar-refractivity contribution in [1.82, 2.24) is 19.8 Å². The molecule has 1 aromatic heterocycles. The number of aromatic nitrogens is 2. The summed E-state index contributed by atoms with van der Waals surface area (Å²) in [4.78, 5) is 41.8. The summed E-state index contributed by atoms with van der Waals surface area (Å²) in [7, 11) is 0. The molecule has 2 fully saturated rings. The summed E-state index contributed by atoms with van der Waals surface area (Å²) in [6, 6.07) is 17.4. The van der Waals surface area contributed by atoms with Crippen LogP contribution < -0.4 is 9.80 Å². The smallest absolute Gasteiger partial charge is 0.253 e. The van der Waals surface area contributed by atoms with Crippen LogP contribution in [0.5, 0.6) is 0 Å². The quantitative estimate of drug-likeness (QED) is 0.236. The summed E-state index contributed by atoms with van der Waals surface area (Å²) in [6.07, 6.45) is 0. The number of piperazine rings is 2. The van der Waals surface area contributed by atoms with Crippen molar-refractivity contribution < 1.29 is 9.59 Å². The molecule has 2 aromatic carbocycles. The Labute approximate surface area is 242 Å². The summed E-state index contributed by atoms with van der Waals surface area (Å²) in [5.41, 5.74) is 2.89. The average Bonchev–Trinajstić information content (AvgIpc) is 2.96. The molecule has 0 aliphatic carbocycles. The Kier molecular flexibility index (Phi) is 8.79. The average molecular weight is 586 g/mol. The molecule has 39 heavy (non-hydrogen) atoms. The van der Waals surface area contributed by atoms with Crippen LogP contribution in [0.2, 0.25) is 10.2 Å². The van der Waals surface area contributed by atoms with Crippen LogP contribution in [0.15, 0.2) is 59.8 Å². The van der Waals surface area contributed by atoms with E-state index in [0.29, 0.717) is 47.8 Å². The van der Waals surface area contributed by atoms with Crippen LogP contribution in [-0.2, 0) is 10.5 Å². The predicted octanol–water partition coefficient (Wildman–Crippen LogP) is 4.71. The molecule has 0 saturated carbocycles. The summed E-state index contributed by atoms with van der Waals surface area (Å²) >= 11 is 13.9. The zero-order valence-electron chi connectivity index (χ0n) is 21.7. The van der Waals surface area contributed by atoms with Crippen LogP contribution >= 0.6 is 35.0 Å². The van der Waals surface area contributed by atoms with Crippen LogP contribution in [0.1, 0.15) is 22.8 Å². The molecular weight excluding hydrogens is 555 g/mol. The highest BCUT2D eigenvalue weighted by atomic mass is 35.5. The van der Waals surface area contributed by atoms with Gasteiger partial charge in [0.1, 0.15) is 11.0 Å². The number of carbonyl (C=O) groups excluding carboxylic acids is 2. The second kappa shape index (κ2) is 12.4. The van der Waals surface area contributed by atoms with Crippen LogP contribution in [0, 0.1) is 0 Å². The number of halogens is 2. The van der Waals surface area contributed by atoms with Gasteiger partial charge in [0.2, 0.25) is 5.91 Å². The van der Waals surface area contributed by atoms with E-state index in [0.717, 1.165) is 42.6 Å². The van der Waals surface area contributed by atoms with Crippen LogP contribution in [-0.4, -0.2) is 83.9 Å². The van der Waals surface area contributed by atoms with Gasteiger partial charge in [0.05, 0.1) is 0 Å². The molecular formula is C28H30Cl2N6O2S. The highest BCUT2D eigenvalue weighted by Gasteiger charge is 2.23. The summed E-state index contributed by atoms with van der Waals surface area (Å²) in [5, 5.41) is 1.79. The SMILES string of the molecule is CC(=O)N1CCN(C(=O)c2ccc(CSc3nc(Cl)cc(N4CCN(c5ccc(Cl)cc5)CC4)n3)cc2)CC1. The number of thioether (sulfide) groups is 1. The van der Waals surface area contributed by atoms with Crippen molar-refractivity contribution in [3.8, 4) is 0 Å². The molecule has 3 aromatic rings. The fraction of sp³-hybridized carbons (Fsp3) is 0.357. The van der Waals surface area contributed by atoms with E-state index < -0.39 is 0 Å². The third-order valence-corrected chi connectivity index (χ3v) is 8.40. The minimum absolute atomic E-state index is 0.00335. The Morgan fingerprint density at radius 2 is 1.41 bits per heavy atom. The van der Waals surface area contributed by atoms with Gasteiger partial charge >= 0.3 is 0 Å². The van der Waals surface area contributed by atoms with Crippen molar-refractivity contribution in [2.45, 2.75) is 17.8 Å². The zero-order valence-corrected chi connectivity index (χ0v) is 24.1.